The van der Waals surface area contributed by atoms with E-state index in [0.717, 1.165) is 11.3 Å². The van der Waals surface area contributed by atoms with E-state index in [0.29, 0.717) is 11.3 Å². The van der Waals surface area contributed by atoms with Crippen molar-refractivity contribution in [2.75, 3.05) is 11.9 Å². The van der Waals surface area contributed by atoms with E-state index in [2.05, 4.69) is 16.9 Å². The number of benzene rings is 2. The first-order valence-corrected chi connectivity index (χ1v) is 9.98. The summed E-state index contributed by atoms with van der Waals surface area (Å²) in [5, 5.41) is 4.43. The molecule has 0 fully saturated rings. The fourth-order valence-corrected chi connectivity index (χ4v) is 3.47. The zero-order valence-electron chi connectivity index (χ0n) is 16.0. The maximum Gasteiger partial charge on any atom is 0.260 e. The Morgan fingerprint density at radius 3 is 2.50 bits per heavy atom. The topological polar surface area (TPSA) is 62.3 Å². The predicted octanol–water partition coefficient (Wildman–Crippen LogP) is 4.43. The van der Waals surface area contributed by atoms with Gasteiger partial charge in [-0.05, 0) is 18.2 Å². The Hall–Kier alpha value is -3.39. The van der Waals surface area contributed by atoms with Gasteiger partial charge in [-0.25, -0.2) is 13.8 Å². The quantitative estimate of drug-likeness (QED) is 0.541. The maximum atomic E-state index is 13.9. The summed E-state index contributed by atoms with van der Waals surface area (Å²) < 4.78 is 27.7. The zero-order valence-corrected chi connectivity index (χ0v) is 16.8. The van der Waals surface area contributed by atoms with E-state index in [1.807, 2.05) is 0 Å². The molecule has 2 aromatic carbocycles. The highest BCUT2D eigenvalue weighted by Gasteiger charge is 2.18. The molecule has 30 heavy (non-hydrogen) atoms. The van der Waals surface area contributed by atoms with Crippen LogP contribution in [0.25, 0.3) is 0 Å². The summed E-state index contributed by atoms with van der Waals surface area (Å²) >= 11 is 1.14. The van der Waals surface area contributed by atoms with Gasteiger partial charge in [-0.3, -0.25) is 14.9 Å². The van der Waals surface area contributed by atoms with E-state index in [1.54, 1.807) is 35.7 Å². The normalized spacial score (nSPS) is 10.5. The van der Waals surface area contributed by atoms with Crippen molar-refractivity contribution < 1.29 is 18.4 Å². The van der Waals surface area contributed by atoms with Gasteiger partial charge in [-0.15, -0.1) is 17.9 Å². The molecule has 0 aliphatic carbocycles. The monoisotopic (exact) mass is 427 g/mol. The number of aromatic nitrogens is 1. The number of rotatable bonds is 8. The van der Waals surface area contributed by atoms with Gasteiger partial charge < -0.3 is 4.90 Å². The first-order chi connectivity index (χ1) is 14.5. The van der Waals surface area contributed by atoms with Crippen LogP contribution in [-0.4, -0.2) is 28.2 Å². The van der Waals surface area contributed by atoms with Crippen LogP contribution in [0.3, 0.4) is 0 Å². The molecule has 1 aromatic heterocycles. The molecule has 0 saturated carbocycles. The highest BCUT2D eigenvalue weighted by atomic mass is 32.1. The Bertz CT molecular complexity index is 1070. The number of thiazole rings is 1. The summed E-state index contributed by atoms with van der Waals surface area (Å²) in [4.78, 5) is 30.6. The standard InChI is InChI=1S/C22H19F2N3O2S/c1-2-11-27(13-15-7-3-5-9-18(15)23)20(28)12-16-14-30-22(25-16)26-21(29)17-8-4-6-10-19(17)24/h2-10,14H,1,11-13H2,(H,25,26,29). The molecule has 0 radical (unpaired) electrons. The Balaban J connectivity index is 1.65. The third-order valence-electron chi connectivity index (χ3n) is 4.24. The van der Waals surface area contributed by atoms with Crippen LogP contribution in [0.4, 0.5) is 13.9 Å². The molecular weight excluding hydrogens is 408 g/mol. The smallest absolute Gasteiger partial charge is 0.260 e. The Kier molecular flexibility index (Phi) is 7.03. The van der Waals surface area contributed by atoms with Crippen LogP contribution in [0.2, 0.25) is 0 Å². The van der Waals surface area contributed by atoms with Crippen molar-refractivity contribution in [3.63, 3.8) is 0 Å². The summed E-state index contributed by atoms with van der Waals surface area (Å²) in [5.74, 6) is -1.88. The maximum absolute atomic E-state index is 13.9. The van der Waals surface area contributed by atoms with Crippen LogP contribution in [0.15, 0.2) is 66.6 Å². The summed E-state index contributed by atoms with van der Waals surface area (Å²) in [6.07, 6.45) is 1.55. The van der Waals surface area contributed by atoms with Crippen LogP contribution in [0, 0.1) is 11.6 Å². The van der Waals surface area contributed by atoms with Gasteiger partial charge in [0.2, 0.25) is 5.91 Å². The van der Waals surface area contributed by atoms with E-state index in [1.165, 1.54) is 29.2 Å². The zero-order chi connectivity index (χ0) is 21.5. The van der Waals surface area contributed by atoms with Gasteiger partial charge in [0.25, 0.3) is 5.91 Å². The third-order valence-corrected chi connectivity index (χ3v) is 5.05. The minimum atomic E-state index is -0.629. The van der Waals surface area contributed by atoms with Gasteiger partial charge in [-0.1, -0.05) is 36.4 Å². The molecule has 1 N–H and O–H groups in total. The minimum absolute atomic E-state index is 0.0195. The van der Waals surface area contributed by atoms with Crippen LogP contribution in [0.1, 0.15) is 21.6 Å². The molecule has 0 saturated heterocycles. The number of halogens is 2. The summed E-state index contributed by atoms with van der Waals surface area (Å²) in [6.45, 7) is 4.02. The summed E-state index contributed by atoms with van der Waals surface area (Å²) in [7, 11) is 0. The molecule has 3 aromatic rings. The molecule has 3 rings (SSSR count). The highest BCUT2D eigenvalue weighted by Crippen LogP contribution is 2.19. The van der Waals surface area contributed by atoms with E-state index >= 15 is 0 Å². The van der Waals surface area contributed by atoms with Gasteiger partial charge in [0, 0.05) is 24.0 Å². The fourth-order valence-electron chi connectivity index (χ4n) is 2.76. The van der Waals surface area contributed by atoms with E-state index in [4.69, 9.17) is 0 Å². The number of carbonyl (C=O) groups is 2. The van der Waals surface area contributed by atoms with Crippen LogP contribution in [0.5, 0.6) is 0 Å². The second kappa shape index (κ2) is 9.89. The molecule has 0 aliphatic heterocycles. The number of hydrogen-bond acceptors (Lipinski definition) is 4. The second-order valence-corrected chi connectivity index (χ2v) is 7.27. The predicted molar refractivity (Wildman–Crippen MR) is 112 cm³/mol. The van der Waals surface area contributed by atoms with Crippen LogP contribution in [-0.2, 0) is 17.8 Å². The summed E-state index contributed by atoms with van der Waals surface area (Å²) in [5.41, 5.74) is 0.771. The van der Waals surface area contributed by atoms with Crippen LogP contribution < -0.4 is 5.32 Å². The second-order valence-electron chi connectivity index (χ2n) is 6.41. The molecule has 154 valence electrons. The molecule has 2 amide bonds. The van der Waals surface area contributed by atoms with E-state index in [-0.39, 0.29) is 41.9 Å². The lowest BCUT2D eigenvalue weighted by Crippen LogP contribution is -2.32. The van der Waals surface area contributed by atoms with Crippen LogP contribution >= 0.6 is 11.3 Å². The Morgan fingerprint density at radius 1 is 1.10 bits per heavy atom. The highest BCUT2D eigenvalue weighted by molar-refractivity contribution is 7.14. The SMILES string of the molecule is C=CCN(Cc1ccccc1F)C(=O)Cc1csc(NC(=O)c2ccccc2F)n1. The first kappa shape index (κ1) is 21.3. The third kappa shape index (κ3) is 5.36. The van der Waals surface area contributed by atoms with Crippen molar-refractivity contribution >= 4 is 28.3 Å². The molecule has 1 heterocycles. The largest absolute Gasteiger partial charge is 0.334 e. The number of carbonyl (C=O) groups excluding carboxylic acids is 2. The first-order valence-electron chi connectivity index (χ1n) is 9.10. The number of hydrogen-bond donors (Lipinski definition) is 1. The molecule has 0 atom stereocenters. The number of anilines is 1. The van der Waals surface area contributed by atoms with Crippen molar-refractivity contribution in [2.24, 2.45) is 0 Å². The lowest BCUT2D eigenvalue weighted by molar-refractivity contribution is -0.130. The summed E-state index contributed by atoms with van der Waals surface area (Å²) in [6, 6.07) is 11.9. The van der Waals surface area contributed by atoms with Crippen molar-refractivity contribution in [1.82, 2.24) is 9.88 Å². The molecular formula is C22H19F2N3O2S. The Morgan fingerprint density at radius 2 is 1.80 bits per heavy atom. The van der Waals surface area contributed by atoms with Gasteiger partial charge in [0.15, 0.2) is 5.13 Å². The fraction of sp³-hybridized carbons (Fsp3) is 0.136. The average molecular weight is 427 g/mol. The molecule has 0 aliphatic rings. The van der Waals surface area contributed by atoms with Gasteiger partial charge >= 0.3 is 0 Å². The van der Waals surface area contributed by atoms with E-state index < -0.39 is 11.7 Å². The number of nitrogens with zero attached hydrogens (tertiary/aromatic N) is 2. The average Bonchev–Trinajstić information content (AvgIpc) is 3.16. The molecule has 0 unspecified atom stereocenters. The van der Waals surface area contributed by atoms with Crippen molar-refractivity contribution in [3.8, 4) is 0 Å². The molecule has 0 bridgehead atoms. The van der Waals surface area contributed by atoms with Gasteiger partial charge in [0.05, 0.1) is 17.7 Å². The lowest BCUT2D eigenvalue weighted by Gasteiger charge is -2.21. The van der Waals surface area contributed by atoms with Crippen molar-refractivity contribution in [2.45, 2.75) is 13.0 Å². The Labute approximate surface area is 176 Å². The molecule has 5 nitrogen and oxygen atoms in total. The lowest BCUT2D eigenvalue weighted by atomic mass is 10.2. The molecule has 8 heteroatoms. The van der Waals surface area contributed by atoms with Gasteiger partial charge in [0.1, 0.15) is 11.6 Å². The van der Waals surface area contributed by atoms with Crippen molar-refractivity contribution in [1.29, 1.82) is 0 Å². The van der Waals surface area contributed by atoms with E-state index in [9.17, 15) is 18.4 Å². The minimum Gasteiger partial charge on any atom is -0.334 e. The van der Waals surface area contributed by atoms with Gasteiger partial charge in [-0.2, -0.15) is 0 Å². The molecule has 0 spiro atoms. The van der Waals surface area contributed by atoms with Crippen molar-refractivity contribution in [3.05, 3.63) is 95.0 Å². The number of nitrogens with one attached hydrogen (secondary N) is 1. The number of amides is 2.